The second-order valence-corrected chi connectivity index (χ2v) is 23.1. The average molecular weight is 987 g/mol. The number of carbonyl (C=O) groups excluding carboxylic acids is 2. The molecule has 2 unspecified atom stereocenters. The van der Waals surface area contributed by atoms with Crippen molar-refractivity contribution in [3.63, 3.8) is 0 Å². The Labute approximate surface area is 430 Å². The van der Waals surface area contributed by atoms with Crippen LogP contribution in [-0.2, 0) is 24.5 Å². The van der Waals surface area contributed by atoms with Crippen LogP contribution in [-0.4, -0.2) is 24.5 Å². The minimum atomic E-state index is -0.650. The molecule has 2 fully saturated rings. The molecule has 0 saturated heterocycles. The zero-order valence-corrected chi connectivity index (χ0v) is 44.3. The lowest BCUT2D eigenvalue weighted by Gasteiger charge is -2.45. The molecule has 0 amide bonds. The number of hydrogen-bond donors (Lipinski definition) is 0. The Balaban J connectivity index is 0.948. The van der Waals surface area contributed by atoms with Gasteiger partial charge in [-0.25, -0.2) is 9.59 Å². The second kappa shape index (κ2) is 21.2. The average Bonchev–Trinajstić information content (AvgIpc) is 4.20. The summed E-state index contributed by atoms with van der Waals surface area (Å²) in [5, 5.41) is 0. The van der Waals surface area contributed by atoms with E-state index in [-0.39, 0.29) is 16.2 Å². The van der Waals surface area contributed by atoms with Gasteiger partial charge in [0.1, 0.15) is 11.5 Å². The number of rotatable bonds is 22. The number of thiophene rings is 2. The van der Waals surface area contributed by atoms with Crippen LogP contribution in [0.25, 0.3) is 52.9 Å². The lowest BCUT2D eigenvalue weighted by atomic mass is 9.57. The van der Waals surface area contributed by atoms with Gasteiger partial charge in [0.2, 0.25) is 12.6 Å². The number of esters is 2. The number of carbonyl (C=O) groups is 2. The van der Waals surface area contributed by atoms with Crippen molar-refractivity contribution in [1.29, 1.82) is 0 Å². The predicted octanol–water partition coefficient (Wildman–Crippen LogP) is 17.9. The summed E-state index contributed by atoms with van der Waals surface area (Å²) in [6.45, 7) is 20.4. The maximum atomic E-state index is 12.4. The molecule has 1 spiro atoms. The minimum absolute atomic E-state index is 0.0817. The third-order valence-corrected chi connectivity index (χ3v) is 18.1. The molecule has 3 aliphatic rings. The smallest absolute Gasteiger partial charge is 0.336 e. The molecule has 2 aromatic heterocycles. The molecule has 71 heavy (non-hydrogen) atoms. The summed E-state index contributed by atoms with van der Waals surface area (Å²) >= 11 is 3.65. The number of benzene rings is 4. The highest BCUT2D eigenvalue weighted by Gasteiger charge is 2.71. The Morgan fingerprint density at radius 2 is 0.859 bits per heavy atom. The fourth-order valence-corrected chi connectivity index (χ4v) is 14.0. The molecular weight excluding hydrogens is 917 g/mol. The zero-order chi connectivity index (χ0) is 49.9. The molecule has 3 aliphatic carbocycles. The lowest BCUT2D eigenvalue weighted by Crippen LogP contribution is -2.42. The minimum Gasteiger partial charge on any atom is -0.455 e. The number of fused-ring (bicyclic) bond motifs is 3. The van der Waals surface area contributed by atoms with Crippen molar-refractivity contribution in [2.24, 2.45) is 10.8 Å². The van der Waals surface area contributed by atoms with Crippen LogP contribution in [0.15, 0.2) is 133 Å². The zero-order valence-electron chi connectivity index (χ0n) is 42.6. The van der Waals surface area contributed by atoms with E-state index in [1.54, 1.807) is 13.8 Å². The van der Waals surface area contributed by atoms with E-state index < -0.39 is 24.5 Å². The van der Waals surface area contributed by atoms with Crippen LogP contribution >= 0.6 is 22.7 Å². The van der Waals surface area contributed by atoms with E-state index >= 15 is 0 Å². The van der Waals surface area contributed by atoms with Crippen LogP contribution < -0.4 is 9.47 Å². The summed E-state index contributed by atoms with van der Waals surface area (Å²) in [4.78, 5) is 29.8. The van der Waals surface area contributed by atoms with E-state index in [0.29, 0.717) is 35.5 Å². The van der Waals surface area contributed by atoms with Crippen molar-refractivity contribution in [3.8, 4) is 64.4 Å². The summed E-state index contributed by atoms with van der Waals surface area (Å²) in [6.07, 6.45) is 13.5. The summed E-state index contributed by atoms with van der Waals surface area (Å²) in [5.41, 5.74) is 11.5. The van der Waals surface area contributed by atoms with Crippen LogP contribution in [0.2, 0.25) is 0 Å². The molecular formula is C63H70O6S2. The molecule has 2 heterocycles. The van der Waals surface area contributed by atoms with E-state index in [1.165, 1.54) is 78.6 Å². The van der Waals surface area contributed by atoms with Crippen LogP contribution in [0.1, 0.15) is 143 Å². The van der Waals surface area contributed by atoms with Gasteiger partial charge >= 0.3 is 11.9 Å². The van der Waals surface area contributed by atoms with Gasteiger partial charge in [0.05, 0.1) is 0 Å². The topological polar surface area (TPSA) is 71.1 Å². The maximum absolute atomic E-state index is 12.4. The Bertz CT molecular complexity index is 2690. The van der Waals surface area contributed by atoms with Gasteiger partial charge in [-0.3, -0.25) is 0 Å². The first-order valence-corrected chi connectivity index (χ1v) is 27.7. The first kappa shape index (κ1) is 50.2. The van der Waals surface area contributed by atoms with Gasteiger partial charge < -0.3 is 18.9 Å². The van der Waals surface area contributed by atoms with E-state index in [2.05, 4.69) is 126 Å². The van der Waals surface area contributed by atoms with E-state index in [9.17, 15) is 9.59 Å². The first-order valence-electron chi connectivity index (χ1n) is 26.0. The van der Waals surface area contributed by atoms with Crippen molar-refractivity contribution in [1.82, 2.24) is 0 Å². The van der Waals surface area contributed by atoms with E-state index in [1.807, 2.05) is 46.9 Å². The standard InChI is InChI=1S/C63H70O6S2/c1-9-11-13-15-17-57(68-59(64)41(3)4)66-47-25-19-43(20-26-47)53-31-33-55(70-53)45-23-29-49-50-30-24-46(40-52(50)63(51(49)39-45)61(7)35-37-62(63,8)38-36-61)56-34-32-54(71-56)44-21-27-48(28-22-44)67-58(18-16-14-12-10-2)69-60(65)42(5)6/h19-34,39-40,57-58H,3,5,9-18,35-38H2,1-2,4,6-8H3. The Hall–Kier alpha value is -5.70. The molecule has 2 saturated carbocycles. The third kappa shape index (κ3) is 9.96. The maximum Gasteiger partial charge on any atom is 0.336 e. The van der Waals surface area contributed by atoms with Crippen LogP contribution in [0.5, 0.6) is 11.5 Å². The highest BCUT2D eigenvalue weighted by Crippen LogP contribution is 2.78. The summed E-state index contributed by atoms with van der Waals surface area (Å²) < 4.78 is 23.8. The molecule has 6 aromatic rings. The van der Waals surface area contributed by atoms with Gasteiger partial charge in [-0.1, -0.05) is 104 Å². The molecule has 2 atom stereocenters. The van der Waals surface area contributed by atoms with E-state index in [4.69, 9.17) is 18.9 Å². The quantitative estimate of drug-likeness (QED) is 0.0292. The van der Waals surface area contributed by atoms with Crippen LogP contribution in [0.3, 0.4) is 0 Å². The van der Waals surface area contributed by atoms with Crippen LogP contribution in [0.4, 0.5) is 0 Å². The van der Waals surface area contributed by atoms with Crippen molar-refractivity contribution in [2.45, 2.75) is 149 Å². The molecule has 0 radical (unpaired) electrons. The van der Waals surface area contributed by atoms with Gasteiger partial charge in [0.15, 0.2) is 0 Å². The van der Waals surface area contributed by atoms with Crippen molar-refractivity contribution >= 4 is 34.6 Å². The molecule has 2 bridgehead atoms. The molecule has 0 N–H and O–H groups in total. The number of unbranched alkanes of at least 4 members (excludes halogenated alkanes) is 6. The molecule has 9 rings (SSSR count). The summed E-state index contributed by atoms with van der Waals surface area (Å²) in [6, 6.07) is 39.9. The lowest BCUT2D eigenvalue weighted by molar-refractivity contribution is -0.160. The fraction of sp³-hybridized carbons (Fsp3) is 0.397. The highest BCUT2D eigenvalue weighted by molar-refractivity contribution is 7.19. The fourth-order valence-electron chi connectivity index (χ4n) is 12.0. The highest BCUT2D eigenvalue weighted by atomic mass is 32.1. The summed E-state index contributed by atoms with van der Waals surface area (Å²) in [7, 11) is 0. The van der Waals surface area contributed by atoms with Gasteiger partial charge in [0, 0.05) is 48.9 Å². The monoisotopic (exact) mass is 986 g/mol. The van der Waals surface area contributed by atoms with Gasteiger partial charge in [-0.15, -0.1) is 22.7 Å². The largest absolute Gasteiger partial charge is 0.455 e. The van der Waals surface area contributed by atoms with Crippen molar-refractivity contribution in [2.75, 3.05) is 0 Å². The first-order chi connectivity index (χ1) is 34.3. The van der Waals surface area contributed by atoms with Crippen molar-refractivity contribution < 1.29 is 28.5 Å². The number of ether oxygens (including phenoxy) is 4. The summed E-state index contributed by atoms with van der Waals surface area (Å²) in [5.74, 6) is 0.513. The van der Waals surface area contributed by atoms with Gasteiger partial charge in [0.25, 0.3) is 0 Å². The number of hydrogen-bond acceptors (Lipinski definition) is 8. The van der Waals surface area contributed by atoms with E-state index in [0.717, 1.165) is 62.5 Å². The Kier molecular flexibility index (Phi) is 15.0. The molecule has 6 nitrogen and oxygen atoms in total. The predicted molar refractivity (Wildman–Crippen MR) is 293 cm³/mol. The normalized spacial score (nSPS) is 20.3. The Morgan fingerprint density at radius 3 is 1.21 bits per heavy atom. The Morgan fingerprint density at radius 1 is 0.507 bits per heavy atom. The molecule has 370 valence electrons. The third-order valence-electron chi connectivity index (χ3n) is 15.8. The molecule has 4 aromatic carbocycles. The van der Waals surface area contributed by atoms with Gasteiger partial charge in [-0.05, 0) is 193 Å². The second-order valence-electron chi connectivity index (χ2n) is 20.9. The molecule has 8 heteroatoms. The van der Waals surface area contributed by atoms with Gasteiger partial charge in [-0.2, -0.15) is 0 Å². The van der Waals surface area contributed by atoms with Crippen molar-refractivity contribution in [3.05, 3.63) is 145 Å². The SMILES string of the molecule is C=C(C)C(=O)OC(CCCCCC)Oc1ccc(-c2ccc(-c3ccc4c(c3)C3(c5cc(-c6ccc(-c7ccc(OC(CCCCCC)OC(=O)C(=C)C)cc7)s6)ccc5-4)C4(C)CCC3(C)CC4)s2)cc1. The van der Waals surface area contributed by atoms with Crippen LogP contribution in [0, 0.1) is 10.8 Å². The molecule has 0 aliphatic heterocycles.